The quantitative estimate of drug-likeness (QED) is 0.840. The lowest BCUT2D eigenvalue weighted by Gasteiger charge is -2.42. The minimum atomic E-state index is -0.214. The summed E-state index contributed by atoms with van der Waals surface area (Å²) in [7, 11) is 1.52. The molecule has 1 aromatic rings. The molecule has 0 spiro atoms. The molecule has 3 rings (SSSR count). The molecule has 3 amide bonds. The SMILES string of the molecule is COc1ccccc1C(=O)N1CC(N2C(=O)CSC2=O)C1. The van der Waals surface area contributed by atoms with E-state index in [1.165, 1.54) is 12.0 Å². The van der Waals surface area contributed by atoms with Crippen molar-refractivity contribution in [1.82, 2.24) is 9.80 Å². The van der Waals surface area contributed by atoms with Gasteiger partial charge in [-0.15, -0.1) is 0 Å². The van der Waals surface area contributed by atoms with E-state index < -0.39 is 0 Å². The van der Waals surface area contributed by atoms with Crippen molar-refractivity contribution in [3.8, 4) is 5.75 Å². The topological polar surface area (TPSA) is 66.9 Å². The molecule has 0 unspecified atom stereocenters. The van der Waals surface area contributed by atoms with Gasteiger partial charge in [0.2, 0.25) is 5.91 Å². The van der Waals surface area contributed by atoms with Gasteiger partial charge in [-0.1, -0.05) is 23.9 Å². The Labute approximate surface area is 126 Å². The predicted molar refractivity (Wildman–Crippen MR) is 77.4 cm³/mol. The third kappa shape index (κ3) is 2.37. The third-order valence-corrected chi connectivity index (χ3v) is 4.47. The fourth-order valence-corrected chi connectivity index (χ4v) is 3.27. The molecule has 7 heteroatoms. The number of carbonyl (C=O) groups is 3. The van der Waals surface area contributed by atoms with Gasteiger partial charge in [-0.05, 0) is 12.1 Å². The summed E-state index contributed by atoms with van der Waals surface area (Å²) in [6.45, 7) is 0.768. The third-order valence-electron chi connectivity index (χ3n) is 3.64. The number of rotatable bonds is 3. The van der Waals surface area contributed by atoms with Crippen molar-refractivity contribution in [2.45, 2.75) is 6.04 Å². The monoisotopic (exact) mass is 306 g/mol. The van der Waals surface area contributed by atoms with E-state index >= 15 is 0 Å². The highest BCUT2D eigenvalue weighted by Gasteiger charge is 2.43. The fraction of sp³-hybridized carbons (Fsp3) is 0.357. The fourth-order valence-electron chi connectivity index (χ4n) is 2.49. The number of benzene rings is 1. The van der Waals surface area contributed by atoms with Crippen molar-refractivity contribution in [1.29, 1.82) is 0 Å². The number of ether oxygens (including phenoxy) is 1. The molecular weight excluding hydrogens is 292 g/mol. The van der Waals surface area contributed by atoms with Crippen molar-refractivity contribution in [3.63, 3.8) is 0 Å². The molecule has 0 saturated carbocycles. The van der Waals surface area contributed by atoms with Gasteiger partial charge in [0.25, 0.3) is 11.1 Å². The van der Waals surface area contributed by atoms with Gasteiger partial charge in [0, 0.05) is 13.1 Å². The maximum Gasteiger partial charge on any atom is 0.289 e. The number of hydrogen-bond acceptors (Lipinski definition) is 5. The normalized spacial score (nSPS) is 18.9. The van der Waals surface area contributed by atoms with Gasteiger partial charge in [-0.25, -0.2) is 0 Å². The molecule has 0 atom stereocenters. The van der Waals surface area contributed by atoms with Crippen molar-refractivity contribution in [2.24, 2.45) is 0 Å². The average molecular weight is 306 g/mol. The molecule has 0 aromatic heterocycles. The molecule has 21 heavy (non-hydrogen) atoms. The zero-order valence-corrected chi connectivity index (χ0v) is 12.3. The van der Waals surface area contributed by atoms with Gasteiger partial charge in [-0.2, -0.15) is 0 Å². The van der Waals surface area contributed by atoms with Gasteiger partial charge in [-0.3, -0.25) is 19.3 Å². The Kier molecular flexibility index (Phi) is 3.59. The number of hydrogen-bond donors (Lipinski definition) is 0. The zero-order valence-electron chi connectivity index (χ0n) is 11.4. The summed E-state index contributed by atoms with van der Waals surface area (Å²) in [4.78, 5) is 38.5. The Morgan fingerprint density at radius 1 is 1.29 bits per heavy atom. The summed E-state index contributed by atoms with van der Waals surface area (Å²) in [6, 6.07) is 6.81. The molecule has 1 aromatic carbocycles. The molecule has 2 aliphatic rings. The van der Waals surface area contributed by atoms with Crippen LogP contribution in [0.3, 0.4) is 0 Å². The highest BCUT2D eigenvalue weighted by atomic mass is 32.2. The molecule has 0 bridgehead atoms. The van der Waals surface area contributed by atoms with Gasteiger partial charge in [0.05, 0.1) is 24.5 Å². The van der Waals surface area contributed by atoms with Crippen LogP contribution in [0.5, 0.6) is 5.75 Å². The summed E-state index contributed by atoms with van der Waals surface area (Å²) in [6.07, 6.45) is 0. The van der Waals surface area contributed by atoms with E-state index in [0.29, 0.717) is 24.4 Å². The molecule has 0 N–H and O–H groups in total. The Balaban J connectivity index is 1.67. The van der Waals surface area contributed by atoms with Crippen molar-refractivity contribution in [2.75, 3.05) is 26.0 Å². The maximum atomic E-state index is 12.4. The highest BCUT2D eigenvalue weighted by molar-refractivity contribution is 8.14. The minimum Gasteiger partial charge on any atom is -0.496 e. The smallest absolute Gasteiger partial charge is 0.289 e. The van der Waals surface area contributed by atoms with Crippen molar-refractivity contribution < 1.29 is 19.1 Å². The maximum absolute atomic E-state index is 12.4. The first-order valence-electron chi connectivity index (χ1n) is 6.53. The second-order valence-corrected chi connectivity index (χ2v) is 5.81. The van der Waals surface area contributed by atoms with Crippen molar-refractivity contribution >= 4 is 28.8 Å². The summed E-state index contributed by atoms with van der Waals surface area (Å²) in [5.74, 6) is 0.417. The first-order chi connectivity index (χ1) is 10.1. The molecule has 2 heterocycles. The van der Waals surface area contributed by atoms with Gasteiger partial charge >= 0.3 is 0 Å². The van der Waals surface area contributed by atoms with E-state index in [1.807, 2.05) is 0 Å². The van der Waals surface area contributed by atoms with Crippen LogP contribution >= 0.6 is 11.8 Å². The lowest BCUT2D eigenvalue weighted by atomic mass is 10.0. The first-order valence-corrected chi connectivity index (χ1v) is 7.51. The number of nitrogens with zero attached hydrogens (tertiary/aromatic N) is 2. The van der Waals surface area contributed by atoms with Crippen LogP contribution in [0.4, 0.5) is 4.79 Å². The minimum absolute atomic E-state index is 0.143. The standard InChI is InChI=1S/C14H14N2O4S/c1-20-11-5-3-2-4-10(11)13(18)15-6-9(7-15)16-12(17)8-21-14(16)19/h2-5,9H,6-8H2,1H3. The lowest BCUT2D eigenvalue weighted by Crippen LogP contribution is -2.62. The van der Waals surface area contributed by atoms with E-state index in [0.717, 1.165) is 11.8 Å². The van der Waals surface area contributed by atoms with E-state index in [2.05, 4.69) is 0 Å². The van der Waals surface area contributed by atoms with E-state index in [4.69, 9.17) is 4.74 Å². The van der Waals surface area contributed by atoms with Crippen LogP contribution in [0.15, 0.2) is 24.3 Å². The molecule has 6 nitrogen and oxygen atoms in total. The number of carbonyl (C=O) groups excluding carboxylic acids is 3. The summed E-state index contributed by atoms with van der Waals surface area (Å²) in [5.41, 5.74) is 0.493. The summed E-state index contributed by atoms with van der Waals surface area (Å²) < 4.78 is 5.18. The molecule has 0 radical (unpaired) electrons. The van der Waals surface area contributed by atoms with Crippen LogP contribution in [0.2, 0.25) is 0 Å². The summed E-state index contributed by atoms with van der Waals surface area (Å²) >= 11 is 1.02. The van der Waals surface area contributed by atoms with Crippen LogP contribution in [0.25, 0.3) is 0 Å². The molecule has 110 valence electrons. The predicted octanol–water partition coefficient (Wildman–Crippen LogP) is 1.22. The number of imide groups is 1. The van der Waals surface area contributed by atoms with Gasteiger partial charge in [0.15, 0.2) is 0 Å². The number of para-hydroxylation sites is 1. The Morgan fingerprint density at radius 3 is 2.62 bits per heavy atom. The molecular formula is C14H14N2O4S. The second-order valence-electron chi connectivity index (χ2n) is 4.88. The number of methoxy groups -OCH3 is 1. The molecule has 2 aliphatic heterocycles. The van der Waals surface area contributed by atoms with Crippen LogP contribution in [-0.2, 0) is 4.79 Å². The van der Waals surface area contributed by atoms with E-state index in [-0.39, 0.29) is 28.8 Å². The van der Waals surface area contributed by atoms with E-state index in [1.54, 1.807) is 29.2 Å². The Hall–Kier alpha value is -2.02. The summed E-state index contributed by atoms with van der Waals surface area (Å²) in [5, 5.41) is -0.214. The number of thioether (sulfide) groups is 1. The number of likely N-dealkylation sites (tertiary alicyclic amines) is 1. The van der Waals surface area contributed by atoms with Crippen LogP contribution in [0.1, 0.15) is 10.4 Å². The van der Waals surface area contributed by atoms with Crippen LogP contribution in [-0.4, -0.2) is 58.8 Å². The lowest BCUT2D eigenvalue weighted by molar-refractivity contribution is -0.128. The molecule has 2 saturated heterocycles. The number of amides is 3. The zero-order chi connectivity index (χ0) is 15.0. The largest absolute Gasteiger partial charge is 0.496 e. The Morgan fingerprint density at radius 2 is 2.00 bits per heavy atom. The van der Waals surface area contributed by atoms with Crippen LogP contribution in [0, 0.1) is 0 Å². The highest BCUT2D eigenvalue weighted by Crippen LogP contribution is 2.28. The second kappa shape index (κ2) is 5.40. The van der Waals surface area contributed by atoms with Crippen LogP contribution < -0.4 is 4.74 Å². The average Bonchev–Trinajstić information content (AvgIpc) is 2.77. The molecule has 0 aliphatic carbocycles. The van der Waals surface area contributed by atoms with E-state index in [9.17, 15) is 14.4 Å². The first kappa shape index (κ1) is 13.9. The van der Waals surface area contributed by atoms with Gasteiger partial charge < -0.3 is 9.64 Å². The van der Waals surface area contributed by atoms with Gasteiger partial charge in [0.1, 0.15) is 5.75 Å². The molecule has 2 fully saturated rings. The van der Waals surface area contributed by atoms with Crippen molar-refractivity contribution in [3.05, 3.63) is 29.8 Å². The Bertz CT molecular complexity index is 597.